The number of hydrogen-bond acceptors (Lipinski definition) is 9. The molecule has 0 amide bonds. The van der Waals surface area contributed by atoms with E-state index in [0.29, 0.717) is 5.75 Å². The van der Waals surface area contributed by atoms with Crippen molar-refractivity contribution in [2.75, 3.05) is 6.61 Å². The molecular weight excluding hydrogens is 358 g/mol. The van der Waals surface area contributed by atoms with Gasteiger partial charge in [0.25, 0.3) is 0 Å². The number of benzene rings is 1. The van der Waals surface area contributed by atoms with Gasteiger partial charge in [-0.1, -0.05) is 18.2 Å². The summed E-state index contributed by atoms with van der Waals surface area (Å²) in [6.45, 7) is 3.47. The van der Waals surface area contributed by atoms with Crippen LogP contribution in [0.3, 0.4) is 0 Å². The van der Waals surface area contributed by atoms with E-state index in [9.17, 15) is 14.4 Å². The zero-order valence-electron chi connectivity index (χ0n) is 15.3. The van der Waals surface area contributed by atoms with Crippen molar-refractivity contribution in [3.8, 4) is 5.75 Å². The number of nitrogens with two attached hydrogens (primary N) is 1. The minimum Gasteiger partial charge on any atom is -0.463 e. The van der Waals surface area contributed by atoms with Gasteiger partial charge < -0.3 is 29.4 Å². The van der Waals surface area contributed by atoms with E-state index in [1.807, 2.05) is 6.07 Å². The number of esters is 3. The highest BCUT2D eigenvalue weighted by molar-refractivity contribution is 5.67. The molecule has 9 nitrogen and oxygen atoms in total. The van der Waals surface area contributed by atoms with E-state index in [0.717, 1.165) is 0 Å². The van der Waals surface area contributed by atoms with Crippen LogP contribution in [0.4, 0.5) is 0 Å². The topological polar surface area (TPSA) is 123 Å². The second kappa shape index (κ2) is 9.33. The number of carbonyl (C=O) groups is 3. The molecule has 1 fully saturated rings. The van der Waals surface area contributed by atoms with E-state index in [1.165, 1.54) is 20.8 Å². The Kier molecular flexibility index (Phi) is 7.14. The fourth-order valence-electron chi connectivity index (χ4n) is 2.68. The fourth-order valence-corrected chi connectivity index (χ4v) is 2.68. The van der Waals surface area contributed by atoms with E-state index in [1.54, 1.807) is 24.3 Å². The quantitative estimate of drug-likeness (QED) is 0.555. The molecule has 0 spiro atoms. The zero-order chi connectivity index (χ0) is 20.0. The average molecular weight is 381 g/mol. The highest BCUT2D eigenvalue weighted by Crippen LogP contribution is 2.27. The molecule has 1 aromatic rings. The van der Waals surface area contributed by atoms with Gasteiger partial charge in [-0.3, -0.25) is 14.4 Å². The van der Waals surface area contributed by atoms with E-state index >= 15 is 0 Å². The maximum Gasteiger partial charge on any atom is 0.303 e. The first-order valence-corrected chi connectivity index (χ1v) is 8.38. The summed E-state index contributed by atoms with van der Waals surface area (Å²) in [6, 6.07) is 7.76. The first kappa shape index (κ1) is 20.7. The summed E-state index contributed by atoms with van der Waals surface area (Å²) in [4.78, 5) is 34.1. The smallest absolute Gasteiger partial charge is 0.303 e. The fraction of sp³-hybridized carbons (Fsp3) is 0.500. The van der Waals surface area contributed by atoms with Crippen LogP contribution in [0.2, 0.25) is 0 Å². The van der Waals surface area contributed by atoms with Gasteiger partial charge in [0, 0.05) is 20.8 Å². The number of hydrogen-bond donors (Lipinski definition) is 1. The van der Waals surface area contributed by atoms with Crippen LogP contribution >= 0.6 is 0 Å². The Morgan fingerprint density at radius 2 is 1.56 bits per heavy atom. The predicted octanol–water partition coefficient (Wildman–Crippen LogP) is 0.544. The van der Waals surface area contributed by atoms with E-state index in [2.05, 4.69) is 0 Å². The highest BCUT2D eigenvalue weighted by Gasteiger charge is 2.49. The summed E-state index contributed by atoms with van der Waals surface area (Å²) in [6.07, 6.45) is -4.02. The molecule has 1 aliphatic heterocycles. The molecule has 0 aliphatic carbocycles. The summed E-state index contributed by atoms with van der Waals surface area (Å²) in [5.41, 5.74) is 6.21. The Hall–Kier alpha value is -2.65. The Balaban J connectivity index is 2.27. The number of para-hydroxylation sites is 1. The Labute approximate surface area is 156 Å². The lowest BCUT2D eigenvalue weighted by Crippen LogP contribution is -2.65. The Morgan fingerprint density at radius 3 is 2.11 bits per heavy atom. The second-order valence-corrected chi connectivity index (χ2v) is 6.00. The van der Waals surface area contributed by atoms with Gasteiger partial charge in [-0.05, 0) is 12.1 Å². The van der Waals surface area contributed by atoms with Gasteiger partial charge in [-0.15, -0.1) is 0 Å². The van der Waals surface area contributed by atoms with Crippen LogP contribution in [-0.4, -0.2) is 55.2 Å². The minimum atomic E-state index is -1.08. The average Bonchev–Trinajstić information content (AvgIpc) is 2.59. The molecule has 148 valence electrons. The van der Waals surface area contributed by atoms with Crippen molar-refractivity contribution >= 4 is 17.9 Å². The molecule has 1 aliphatic rings. The first-order chi connectivity index (χ1) is 12.8. The molecule has 0 saturated carbocycles. The SMILES string of the molecule is CC(=O)OCC1OC(Oc2ccccc2)C(OC(C)=O)C(N)C1OC(C)=O. The van der Waals surface area contributed by atoms with Crippen LogP contribution in [0.5, 0.6) is 5.75 Å². The Morgan fingerprint density at radius 1 is 0.963 bits per heavy atom. The molecule has 1 saturated heterocycles. The summed E-state index contributed by atoms with van der Waals surface area (Å²) in [5, 5.41) is 0. The van der Waals surface area contributed by atoms with E-state index < -0.39 is 48.6 Å². The lowest BCUT2D eigenvalue weighted by molar-refractivity contribution is -0.259. The van der Waals surface area contributed by atoms with Gasteiger partial charge in [0.2, 0.25) is 6.29 Å². The Bertz CT molecular complexity index is 663. The molecule has 5 unspecified atom stereocenters. The predicted molar refractivity (Wildman–Crippen MR) is 91.4 cm³/mol. The third-order valence-corrected chi connectivity index (χ3v) is 3.75. The molecule has 0 radical (unpaired) electrons. The van der Waals surface area contributed by atoms with Crippen LogP contribution in [-0.2, 0) is 33.3 Å². The van der Waals surface area contributed by atoms with Crippen LogP contribution in [0.1, 0.15) is 20.8 Å². The number of ether oxygens (including phenoxy) is 5. The largest absolute Gasteiger partial charge is 0.463 e. The van der Waals surface area contributed by atoms with Crippen molar-refractivity contribution < 1.29 is 38.1 Å². The van der Waals surface area contributed by atoms with Gasteiger partial charge in [-0.2, -0.15) is 0 Å². The van der Waals surface area contributed by atoms with Crippen LogP contribution in [0.25, 0.3) is 0 Å². The van der Waals surface area contributed by atoms with Crippen molar-refractivity contribution in [2.24, 2.45) is 5.73 Å². The first-order valence-electron chi connectivity index (χ1n) is 8.38. The van der Waals surface area contributed by atoms with Gasteiger partial charge in [0.15, 0.2) is 12.2 Å². The summed E-state index contributed by atoms with van der Waals surface area (Å²) >= 11 is 0. The molecule has 0 bridgehead atoms. The third-order valence-electron chi connectivity index (χ3n) is 3.75. The standard InChI is InChI=1S/C18H23NO8/c1-10(20)23-9-14-16(24-11(2)21)15(19)17(25-12(3)22)18(27-14)26-13-7-5-4-6-8-13/h4-8,14-18H,9,19H2,1-3H3. The van der Waals surface area contributed by atoms with Crippen LogP contribution in [0, 0.1) is 0 Å². The van der Waals surface area contributed by atoms with Gasteiger partial charge in [0.1, 0.15) is 18.5 Å². The van der Waals surface area contributed by atoms with E-state index in [-0.39, 0.29) is 6.61 Å². The summed E-state index contributed by atoms with van der Waals surface area (Å²) in [5.74, 6) is -1.27. The number of carbonyl (C=O) groups excluding carboxylic acids is 3. The third kappa shape index (κ3) is 5.93. The molecule has 1 heterocycles. The summed E-state index contributed by atoms with van der Waals surface area (Å²) < 4.78 is 27.0. The molecule has 5 atom stereocenters. The van der Waals surface area contributed by atoms with Crippen molar-refractivity contribution in [2.45, 2.75) is 51.4 Å². The van der Waals surface area contributed by atoms with Crippen LogP contribution < -0.4 is 10.5 Å². The summed E-state index contributed by atoms with van der Waals surface area (Å²) in [7, 11) is 0. The zero-order valence-corrected chi connectivity index (χ0v) is 15.3. The molecule has 0 aromatic heterocycles. The van der Waals surface area contributed by atoms with Crippen molar-refractivity contribution in [1.29, 1.82) is 0 Å². The molecular formula is C18H23NO8. The monoisotopic (exact) mass is 381 g/mol. The molecule has 2 rings (SSSR count). The van der Waals surface area contributed by atoms with Gasteiger partial charge in [-0.25, -0.2) is 0 Å². The van der Waals surface area contributed by atoms with Gasteiger partial charge in [0.05, 0.1) is 6.04 Å². The maximum absolute atomic E-state index is 11.5. The van der Waals surface area contributed by atoms with Crippen molar-refractivity contribution in [3.63, 3.8) is 0 Å². The lowest BCUT2D eigenvalue weighted by Gasteiger charge is -2.43. The normalized spacial score (nSPS) is 27.3. The van der Waals surface area contributed by atoms with Crippen molar-refractivity contribution in [1.82, 2.24) is 0 Å². The minimum absolute atomic E-state index is 0.206. The molecule has 9 heteroatoms. The van der Waals surface area contributed by atoms with Crippen LogP contribution in [0.15, 0.2) is 30.3 Å². The highest BCUT2D eigenvalue weighted by atomic mass is 16.7. The van der Waals surface area contributed by atoms with Gasteiger partial charge >= 0.3 is 17.9 Å². The molecule has 2 N–H and O–H groups in total. The number of rotatable bonds is 6. The molecule has 27 heavy (non-hydrogen) atoms. The van der Waals surface area contributed by atoms with Crippen molar-refractivity contribution in [3.05, 3.63) is 30.3 Å². The second-order valence-electron chi connectivity index (χ2n) is 6.00. The maximum atomic E-state index is 11.5. The lowest BCUT2D eigenvalue weighted by atomic mass is 9.96. The molecule has 1 aromatic carbocycles. The van der Waals surface area contributed by atoms with E-state index in [4.69, 9.17) is 29.4 Å².